The number of benzene rings is 1. The van der Waals surface area contributed by atoms with Gasteiger partial charge in [0.2, 0.25) is 0 Å². The highest BCUT2D eigenvalue weighted by Gasteiger charge is 2.16. The van der Waals surface area contributed by atoms with Crippen molar-refractivity contribution in [2.75, 3.05) is 0 Å². The minimum absolute atomic E-state index is 0.181. The summed E-state index contributed by atoms with van der Waals surface area (Å²) in [5.74, 6) is 0.326. The van der Waals surface area contributed by atoms with E-state index in [1.165, 1.54) is 11.3 Å². The molecule has 0 bridgehead atoms. The van der Waals surface area contributed by atoms with Crippen molar-refractivity contribution in [3.05, 3.63) is 42.2 Å². The molecule has 2 aromatic heterocycles. The van der Waals surface area contributed by atoms with Crippen LogP contribution in [0.15, 0.2) is 40.8 Å². The molecule has 6 nitrogen and oxygen atoms in total. The molecule has 25 heavy (non-hydrogen) atoms. The van der Waals surface area contributed by atoms with Crippen LogP contribution in [0.3, 0.4) is 0 Å². The molecule has 130 valence electrons. The Kier molecular flexibility index (Phi) is 4.73. The summed E-state index contributed by atoms with van der Waals surface area (Å²) >= 11 is 6.63. The normalized spacial score (nSPS) is 11.3. The number of nitrogens with zero attached hydrogens (tertiary/aromatic N) is 1. The monoisotopic (exact) mass is 374 g/mol. The highest BCUT2D eigenvalue weighted by molar-refractivity contribution is 7.80. The molecule has 0 radical (unpaired) electrons. The van der Waals surface area contributed by atoms with Crippen LogP contribution in [-0.2, 0) is 0 Å². The molecule has 0 atom stereocenters. The summed E-state index contributed by atoms with van der Waals surface area (Å²) in [6.07, 6.45) is 0. The first-order chi connectivity index (χ1) is 11.8. The van der Waals surface area contributed by atoms with Gasteiger partial charge in [-0.25, -0.2) is 4.98 Å². The smallest absolute Gasteiger partial charge is 0.305 e. The Balaban J connectivity index is 1.66. The lowest BCUT2D eigenvalue weighted by atomic mass is 10.1. The number of para-hydroxylation sites is 1. The number of thiocarbonyl (C=S) groups is 1. The maximum atomic E-state index is 12.2. The van der Waals surface area contributed by atoms with E-state index in [-0.39, 0.29) is 11.3 Å². The number of carbonyl (C=O) groups is 1. The van der Waals surface area contributed by atoms with Gasteiger partial charge in [0.05, 0.1) is 10.2 Å². The molecule has 0 aliphatic heterocycles. The average molecular weight is 374 g/mol. The van der Waals surface area contributed by atoms with Gasteiger partial charge in [-0.1, -0.05) is 12.1 Å². The zero-order chi connectivity index (χ0) is 18.0. The lowest BCUT2D eigenvalue weighted by Gasteiger charge is -2.22. The molecule has 0 fully saturated rings. The van der Waals surface area contributed by atoms with E-state index >= 15 is 0 Å². The molecule has 3 rings (SSSR count). The van der Waals surface area contributed by atoms with Crippen LogP contribution in [0, 0.1) is 0 Å². The molecule has 0 saturated heterocycles. The molecular formula is C17H18N4O2S2. The van der Waals surface area contributed by atoms with E-state index in [9.17, 15) is 4.79 Å². The predicted molar refractivity (Wildman–Crippen MR) is 103 cm³/mol. The Hall–Kier alpha value is -2.45. The summed E-state index contributed by atoms with van der Waals surface area (Å²) in [5, 5.41) is 4.11. The number of thiazole rings is 1. The molecule has 2 heterocycles. The summed E-state index contributed by atoms with van der Waals surface area (Å²) in [6.45, 7) is 5.92. The van der Waals surface area contributed by atoms with Gasteiger partial charge in [-0.05, 0) is 57.3 Å². The SMILES string of the molecule is CC(C)(C)NC(=S)NNC(=O)c1ccc(-c2nc3ccccc3s2)o1. The van der Waals surface area contributed by atoms with Gasteiger partial charge in [-0.15, -0.1) is 11.3 Å². The van der Waals surface area contributed by atoms with Crippen molar-refractivity contribution in [2.24, 2.45) is 0 Å². The third-order valence-corrected chi connectivity index (χ3v) is 4.37. The minimum atomic E-state index is -0.412. The number of hydrazine groups is 1. The second-order valence-corrected chi connectivity index (χ2v) is 7.87. The van der Waals surface area contributed by atoms with E-state index in [2.05, 4.69) is 21.2 Å². The van der Waals surface area contributed by atoms with Crippen molar-refractivity contribution < 1.29 is 9.21 Å². The topological polar surface area (TPSA) is 79.2 Å². The number of rotatable bonds is 2. The van der Waals surface area contributed by atoms with E-state index in [1.807, 2.05) is 45.0 Å². The molecule has 0 saturated carbocycles. The van der Waals surface area contributed by atoms with Crippen LogP contribution in [0.4, 0.5) is 0 Å². The van der Waals surface area contributed by atoms with Gasteiger partial charge in [0.25, 0.3) is 0 Å². The molecule has 3 aromatic rings. The quantitative estimate of drug-likeness (QED) is 0.471. The van der Waals surface area contributed by atoms with E-state index in [4.69, 9.17) is 16.6 Å². The number of amides is 1. The number of aromatic nitrogens is 1. The second-order valence-electron chi connectivity index (χ2n) is 6.43. The van der Waals surface area contributed by atoms with Crippen LogP contribution < -0.4 is 16.2 Å². The van der Waals surface area contributed by atoms with Crippen LogP contribution in [-0.4, -0.2) is 21.5 Å². The van der Waals surface area contributed by atoms with Crippen molar-refractivity contribution in [1.82, 2.24) is 21.2 Å². The van der Waals surface area contributed by atoms with Crippen LogP contribution in [0.25, 0.3) is 21.0 Å². The van der Waals surface area contributed by atoms with Gasteiger partial charge in [0.15, 0.2) is 21.6 Å². The fourth-order valence-electron chi connectivity index (χ4n) is 2.10. The van der Waals surface area contributed by atoms with E-state index < -0.39 is 5.91 Å². The Bertz CT molecular complexity index is 891. The number of hydrogen-bond donors (Lipinski definition) is 3. The van der Waals surface area contributed by atoms with Crippen LogP contribution in [0.1, 0.15) is 31.3 Å². The van der Waals surface area contributed by atoms with Crippen molar-refractivity contribution in [2.45, 2.75) is 26.3 Å². The van der Waals surface area contributed by atoms with Crippen LogP contribution >= 0.6 is 23.6 Å². The predicted octanol–water partition coefficient (Wildman–Crippen LogP) is 3.46. The zero-order valence-electron chi connectivity index (χ0n) is 14.0. The molecule has 1 aromatic carbocycles. The van der Waals surface area contributed by atoms with Gasteiger partial charge in [0.1, 0.15) is 0 Å². The molecule has 0 aliphatic carbocycles. The maximum Gasteiger partial charge on any atom is 0.305 e. The summed E-state index contributed by atoms with van der Waals surface area (Å²) in [7, 11) is 0. The van der Waals surface area contributed by atoms with Crippen molar-refractivity contribution in [3.63, 3.8) is 0 Å². The Labute approximate surface area is 154 Å². The van der Waals surface area contributed by atoms with E-state index in [0.717, 1.165) is 15.2 Å². The maximum absolute atomic E-state index is 12.2. The lowest BCUT2D eigenvalue weighted by Crippen LogP contribution is -2.52. The summed E-state index contributed by atoms with van der Waals surface area (Å²) in [5.41, 5.74) is 5.88. The molecule has 1 amide bonds. The highest BCUT2D eigenvalue weighted by Crippen LogP contribution is 2.30. The van der Waals surface area contributed by atoms with Crippen molar-refractivity contribution in [3.8, 4) is 10.8 Å². The van der Waals surface area contributed by atoms with Gasteiger partial charge >= 0.3 is 5.91 Å². The number of fused-ring (bicyclic) bond motifs is 1. The fraction of sp³-hybridized carbons (Fsp3) is 0.235. The lowest BCUT2D eigenvalue weighted by molar-refractivity contribution is 0.0916. The largest absolute Gasteiger partial charge is 0.448 e. The number of hydrogen-bond acceptors (Lipinski definition) is 5. The van der Waals surface area contributed by atoms with Gasteiger partial charge in [0, 0.05) is 5.54 Å². The van der Waals surface area contributed by atoms with Crippen molar-refractivity contribution in [1.29, 1.82) is 0 Å². The highest BCUT2D eigenvalue weighted by atomic mass is 32.1. The van der Waals surface area contributed by atoms with Crippen LogP contribution in [0.2, 0.25) is 0 Å². The van der Waals surface area contributed by atoms with Gasteiger partial charge in [-0.2, -0.15) is 0 Å². The van der Waals surface area contributed by atoms with E-state index in [0.29, 0.717) is 10.9 Å². The second kappa shape index (κ2) is 6.81. The molecular weight excluding hydrogens is 356 g/mol. The molecule has 3 N–H and O–H groups in total. The first kappa shape index (κ1) is 17.4. The van der Waals surface area contributed by atoms with Crippen LogP contribution in [0.5, 0.6) is 0 Å². The first-order valence-electron chi connectivity index (χ1n) is 7.66. The fourth-order valence-corrected chi connectivity index (χ4v) is 3.38. The minimum Gasteiger partial charge on any atom is -0.448 e. The Morgan fingerprint density at radius 1 is 1.16 bits per heavy atom. The summed E-state index contributed by atoms with van der Waals surface area (Å²) < 4.78 is 6.70. The molecule has 0 aliphatic rings. The first-order valence-corrected chi connectivity index (χ1v) is 8.88. The van der Waals surface area contributed by atoms with E-state index in [1.54, 1.807) is 12.1 Å². The average Bonchev–Trinajstić information content (AvgIpc) is 3.17. The summed E-state index contributed by atoms with van der Waals surface area (Å²) in [4.78, 5) is 16.7. The molecule has 0 spiro atoms. The molecule has 0 unspecified atom stereocenters. The van der Waals surface area contributed by atoms with Crippen molar-refractivity contribution >= 4 is 44.8 Å². The number of nitrogens with one attached hydrogen (secondary N) is 3. The van der Waals surface area contributed by atoms with Gasteiger partial charge < -0.3 is 9.73 Å². The molecule has 8 heteroatoms. The number of carbonyl (C=O) groups excluding carboxylic acids is 1. The standard InChI is InChI=1S/C17H18N4O2S2/c1-17(2,3)19-16(24)21-20-14(22)11-8-9-12(23-11)15-18-10-6-4-5-7-13(10)25-15/h4-9H,1-3H3,(H,20,22)(H2,19,21,24). The third-order valence-electron chi connectivity index (χ3n) is 3.11. The Morgan fingerprint density at radius 3 is 2.64 bits per heavy atom. The zero-order valence-corrected chi connectivity index (χ0v) is 15.7. The summed E-state index contributed by atoms with van der Waals surface area (Å²) in [6, 6.07) is 11.2. The number of furan rings is 1. The Morgan fingerprint density at radius 2 is 1.92 bits per heavy atom. The third kappa shape index (κ3) is 4.34. The van der Waals surface area contributed by atoms with Gasteiger partial charge in [-0.3, -0.25) is 15.6 Å².